The van der Waals surface area contributed by atoms with E-state index in [1.54, 1.807) is 13.8 Å². The van der Waals surface area contributed by atoms with Crippen LogP contribution in [-0.4, -0.2) is 37.0 Å². The van der Waals surface area contributed by atoms with Crippen LogP contribution in [0.2, 0.25) is 0 Å². The standard InChI is InChI=1S/C15H22N2O3S/c1-5-16-13(15(2,3)21(4,18)19)10-14-17-11-8-6-7-9-12(11)20-14/h6-9,13,16H,5,10H2,1-4H3. The quantitative estimate of drug-likeness (QED) is 0.885. The normalized spacial score (nSPS) is 14.5. The molecule has 0 bridgehead atoms. The molecular weight excluding hydrogens is 288 g/mol. The molecule has 0 saturated heterocycles. The first-order valence-corrected chi connectivity index (χ1v) is 8.92. The van der Waals surface area contributed by atoms with E-state index in [9.17, 15) is 8.42 Å². The van der Waals surface area contributed by atoms with Crippen molar-refractivity contribution in [3.8, 4) is 0 Å². The van der Waals surface area contributed by atoms with E-state index in [4.69, 9.17) is 4.42 Å². The second-order valence-corrected chi connectivity index (χ2v) is 8.36. The van der Waals surface area contributed by atoms with Crippen LogP contribution in [0.25, 0.3) is 11.1 Å². The monoisotopic (exact) mass is 310 g/mol. The van der Waals surface area contributed by atoms with Gasteiger partial charge in [-0.3, -0.25) is 0 Å². The zero-order valence-corrected chi connectivity index (χ0v) is 13.7. The van der Waals surface area contributed by atoms with Gasteiger partial charge in [-0.15, -0.1) is 0 Å². The van der Waals surface area contributed by atoms with E-state index >= 15 is 0 Å². The third-order valence-electron chi connectivity index (χ3n) is 3.96. The summed E-state index contributed by atoms with van der Waals surface area (Å²) in [5.74, 6) is 0.555. The van der Waals surface area contributed by atoms with Crippen LogP contribution in [0.1, 0.15) is 26.7 Å². The van der Waals surface area contributed by atoms with E-state index in [2.05, 4.69) is 10.3 Å². The minimum Gasteiger partial charge on any atom is -0.441 e. The minimum atomic E-state index is -3.21. The van der Waals surface area contributed by atoms with Crippen LogP contribution in [0.4, 0.5) is 0 Å². The van der Waals surface area contributed by atoms with Crippen LogP contribution in [0.5, 0.6) is 0 Å². The highest BCUT2D eigenvalue weighted by atomic mass is 32.2. The zero-order chi connectivity index (χ0) is 15.7. The zero-order valence-electron chi connectivity index (χ0n) is 12.9. The van der Waals surface area contributed by atoms with Crippen molar-refractivity contribution in [2.45, 2.75) is 38.0 Å². The Labute approximate surface area is 125 Å². The van der Waals surface area contributed by atoms with Crippen molar-refractivity contribution in [1.82, 2.24) is 10.3 Å². The van der Waals surface area contributed by atoms with Crippen molar-refractivity contribution in [1.29, 1.82) is 0 Å². The molecule has 2 rings (SSSR count). The largest absolute Gasteiger partial charge is 0.441 e. The molecule has 1 atom stereocenters. The highest BCUT2D eigenvalue weighted by Crippen LogP contribution is 2.24. The molecule has 0 aliphatic heterocycles. The summed E-state index contributed by atoms with van der Waals surface area (Å²) in [6.07, 6.45) is 1.70. The minimum absolute atomic E-state index is 0.259. The molecule has 0 aliphatic rings. The molecule has 1 heterocycles. The number of para-hydroxylation sites is 2. The predicted molar refractivity (Wildman–Crippen MR) is 84.1 cm³/mol. The van der Waals surface area contributed by atoms with Gasteiger partial charge in [-0.05, 0) is 32.5 Å². The first-order chi connectivity index (χ1) is 9.75. The number of sulfone groups is 1. The summed E-state index contributed by atoms with van der Waals surface area (Å²) in [5, 5.41) is 3.24. The summed E-state index contributed by atoms with van der Waals surface area (Å²) in [6.45, 7) is 6.11. The second kappa shape index (κ2) is 5.77. The number of hydrogen-bond acceptors (Lipinski definition) is 5. The lowest BCUT2D eigenvalue weighted by atomic mass is 10.00. The van der Waals surface area contributed by atoms with E-state index in [1.807, 2.05) is 31.2 Å². The van der Waals surface area contributed by atoms with Gasteiger partial charge in [0.2, 0.25) is 0 Å². The average molecular weight is 310 g/mol. The molecule has 0 radical (unpaired) electrons. The lowest BCUT2D eigenvalue weighted by molar-refractivity contribution is 0.382. The Kier molecular flexibility index (Phi) is 4.39. The summed E-state index contributed by atoms with van der Waals surface area (Å²) < 4.78 is 28.9. The topological polar surface area (TPSA) is 72.2 Å². The molecule has 2 aromatic rings. The molecule has 116 valence electrons. The van der Waals surface area contributed by atoms with Gasteiger partial charge in [-0.25, -0.2) is 13.4 Å². The van der Waals surface area contributed by atoms with Crippen LogP contribution < -0.4 is 5.32 Å². The number of nitrogens with zero attached hydrogens (tertiary/aromatic N) is 1. The third kappa shape index (κ3) is 3.27. The van der Waals surface area contributed by atoms with E-state index in [0.29, 0.717) is 18.9 Å². The van der Waals surface area contributed by atoms with Crippen LogP contribution in [0, 0.1) is 0 Å². The molecule has 0 aliphatic carbocycles. The third-order valence-corrected chi connectivity index (χ3v) is 6.16. The maximum atomic E-state index is 12.0. The highest BCUT2D eigenvalue weighted by molar-refractivity contribution is 7.92. The lowest BCUT2D eigenvalue weighted by Crippen LogP contribution is -2.52. The maximum absolute atomic E-state index is 12.0. The van der Waals surface area contributed by atoms with Crippen molar-refractivity contribution in [3.63, 3.8) is 0 Å². The van der Waals surface area contributed by atoms with Gasteiger partial charge in [-0.1, -0.05) is 19.1 Å². The molecule has 6 heteroatoms. The molecular formula is C15H22N2O3S. The van der Waals surface area contributed by atoms with Crippen molar-refractivity contribution in [3.05, 3.63) is 30.2 Å². The molecule has 1 N–H and O–H groups in total. The number of hydrogen-bond donors (Lipinski definition) is 1. The van der Waals surface area contributed by atoms with Crippen LogP contribution >= 0.6 is 0 Å². The van der Waals surface area contributed by atoms with E-state index < -0.39 is 14.6 Å². The number of aromatic nitrogens is 1. The van der Waals surface area contributed by atoms with Crippen LogP contribution in [0.15, 0.2) is 28.7 Å². The van der Waals surface area contributed by atoms with E-state index in [0.717, 1.165) is 11.1 Å². The fraction of sp³-hybridized carbons (Fsp3) is 0.533. The van der Waals surface area contributed by atoms with Gasteiger partial charge in [0.15, 0.2) is 21.3 Å². The van der Waals surface area contributed by atoms with Crippen LogP contribution in [-0.2, 0) is 16.3 Å². The van der Waals surface area contributed by atoms with Crippen LogP contribution in [0.3, 0.4) is 0 Å². The average Bonchev–Trinajstić information content (AvgIpc) is 2.79. The van der Waals surface area contributed by atoms with Gasteiger partial charge in [0, 0.05) is 18.7 Å². The number of rotatable bonds is 6. The fourth-order valence-corrected chi connectivity index (χ4v) is 2.93. The Morgan fingerprint density at radius 2 is 2.00 bits per heavy atom. The van der Waals surface area contributed by atoms with Gasteiger partial charge < -0.3 is 9.73 Å². The summed E-state index contributed by atoms with van der Waals surface area (Å²) in [7, 11) is -3.21. The van der Waals surface area contributed by atoms with Gasteiger partial charge in [0.1, 0.15) is 5.52 Å². The Morgan fingerprint density at radius 3 is 2.57 bits per heavy atom. The van der Waals surface area contributed by atoms with Gasteiger partial charge in [0.25, 0.3) is 0 Å². The second-order valence-electron chi connectivity index (χ2n) is 5.77. The molecule has 0 saturated carbocycles. The smallest absolute Gasteiger partial charge is 0.197 e. The summed E-state index contributed by atoms with van der Waals surface area (Å²) in [6, 6.07) is 7.27. The molecule has 1 aromatic heterocycles. The Morgan fingerprint density at radius 1 is 1.33 bits per heavy atom. The number of oxazole rings is 1. The maximum Gasteiger partial charge on any atom is 0.197 e. The number of fused-ring (bicyclic) bond motifs is 1. The summed E-state index contributed by atoms with van der Waals surface area (Å²) in [4.78, 5) is 4.43. The molecule has 21 heavy (non-hydrogen) atoms. The summed E-state index contributed by atoms with van der Waals surface area (Å²) in [5.41, 5.74) is 1.51. The predicted octanol–water partition coefficient (Wildman–Crippen LogP) is 2.17. The number of likely N-dealkylation sites (N-methyl/N-ethyl adjacent to an activating group) is 1. The van der Waals surface area contributed by atoms with Crippen molar-refractivity contribution in [2.24, 2.45) is 0 Å². The fourth-order valence-electron chi connectivity index (χ4n) is 2.25. The molecule has 1 unspecified atom stereocenters. The van der Waals surface area contributed by atoms with Crippen molar-refractivity contribution >= 4 is 20.9 Å². The molecule has 1 aromatic carbocycles. The lowest BCUT2D eigenvalue weighted by Gasteiger charge is -2.32. The highest BCUT2D eigenvalue weighted by Gasteiger charge is 2.39. The molecule has 0 spiro atoms. The Bertz CT molecular complexity index is 686. The first-order valence-electron chi connectivity index (χ1n) is 7.03. The SMILES string of the molecule is CCNC(Cc1nc2ccccc2o1)C(C)(C)S(C)(=O)=O. The van der Waals surface area contributed by atoms with E-state index in [1.165, 1.54) is 6.26 Å². The number of nitrogens with one attached hydrogen (secondary N) is 1. The van der Waals surface area contributed by atoms with Crippen molar-refractivity contribution < 1.29 is 12.8 Å². The Hall–Kier alpha value is -1.40. The van der Waals surface area contributed by atoms with Gasteiger partial charge in [0.05, 0.1) is 4.75 Å². The van der Waals surface area contributed by atoms with Crippen molar-refractivity contribution in [2.75, 3.05) is 12.8 Å². The summed E-state index contributed by atoms with van der Waals surface area (Å²) >= 11 is 0. The number of benzene rings is 1. The molecule has 0 fully saturated rings. The van der Waals surface area contributed by atoms with E-state index in [-0.39, 0.29) is 6.04 Å². The first kappa shape index (κ1) is 16.0. The Balaban J connectivity index is 2.31. The van der Waals surface area contributed by atoms with Gasteiger partial charge in [-0.2, -0.15) is 0 Å². The molecule has 5 nitrogen and oxygen atoms in total. The van der Waals surface area contributed by atoms with Gasteiger partial charge >= 0.3 is 0 Å². The molecule has 0 amide bonds.